The molecule has 0 amide bonds. The molecule has 4 rings (SSSR count). The van der Waals surface area contributed by atoms with Gasteiger partial charge in [-0.3, -0.25) is 0 Å². The number of hydrogen-bond donors (Lipinski definition) is 2. The number of esters is 1. The van der Waals surface area contributed by atoms with E-state index in [1.54, 1.807) is 26.0 Å². The van der Waals surface area contributed by atoms with Crippen LogP contribution in [0.1, 0.15) is 35.3 Å². The smallest absolute Gasteiger partial charge is 0.369 e. The summed E-state index contributed by atoms with van der Waals surface area (Å²) in [7, 11) is -2.49. The molecule has 0 aliphatic heterocycles. The average Bonchev–Trinajstić information content (AvgIpc) is 3.23. The monoisotopic (exact) mass is 466 g/mol. The van der Waals surface area contributed by atoms with Gasteiger partial charge in [-0.1, -0.05) is 11.3 Å². The number of rotatable bonds is 7. The number of sulfonamides is 1. The molecule has 2 N–H and O–H groups in total. The molecule has 10 nitrogen and oxygen atoms in total. The molecule has 166 valence electrons. The molecule has 2 heterocycles. The summed E-state index contributed by atoms with van der Waals surface area (Å²) in [6.07, 6.45) is 0.264. The lowest BCUT2D eigenvalue weighted by atomic mass is 9.91. The van der Waals surface area contributed by atoms with Crippen molar-refractivity contribution >= 4 is 32.3 Å². The van der Waals surface area contributed by atoms with Crippen molar-refractivity contribution in [3.63, 3.8) is 0 Å². The van der Waals surface area contributed by atoms with Gasteiger partial charge in [0.25, 0.3) is 0 Å². The summed E-state index contributed by atoms with van der Waals surface area (Å²) in [6, 6.07) is 4.46. The number of aliphatic hydroxyl groups excluding tert-OH is 1. The fraction of sp³-hybridized carbons (Fsp3) is 0.421. The summed E-state index contributed by atoms with van der Waals surface area (Å²) >= 11 is 1.10. The number of fused-ring (bicyclic) bond motifs is 1. The van der Waals surface area contributed by atoms with Crippen LogP contribution in [0, 0.1) is 6.92 Å². The first-order valence-electron chi connectivity index (χ1n) is 9.65. The van der Waals surface area contributed by atoms with Crippen LogP contribution in [0.3, 0.4) is 0 Å². The summed E-state index contributed by atoms with van der Waals surface area (Å²) in [5.41, 5.74) is 1.76. The van der Waals surface area contributed by atoms with E-state index in [-0.39, 0.29) is 28.3 Å². The van der Waals surface area contributed by atoms with Crippen molar-refractivity contribution in [2.45, 2.75) is 43.7 Å². The first kappa shape index (κ1) is 21.7. The summed E-state index contributed by atoms with van der Waals surface area (Å²) in [6.45, 7) is 3.73. The summed E-state index contributed by atoms with van der Waals surface area (Å²) in [5, 5.41) is 13.9. The van der Waals surface area contributed by atoms with Crippen LogP contribution >= 0.6 is 11.3 Å². The number of ether oxygens (including phenoxy) is 2. The average molecular weight is 467 g/mol. The lowest BCUT2D eigenvalue weighted by Crippen LogP contribution is -2.46. The summed E-state index contributed by atoms with van der Waals surface area (Å²) in [4.78, 5) is 17.0. The van der Waals surface area contributed by atoms with Crippen molar-refractivity contribution in [3.8, 4) is 17.0 Å². The zero-order valence-electron chi connectivity index (χ0n) is 17.2. The predicted molar refractivity (Wildman–Crippen MR) is 113 cm³/mol. The van der Waals surface area contributed by atoms with E-state index in [0.717, 1.165) is 11.3 Å². The van der Waals surface area contributed by atoms with Crippen molar-refractivity contribution in [1.82, 2.24) is 19.3 Å². The van der Waals surface area contributed by atoms with Crippen molar-refractivity contribution in [1.29, 1.82) is 0 Å². The van der Waals surface area contributed by atoms with Crippen LogP contribution in [0.4, 0.5) is 0 Å². The Hall–Kier alpha value is -2.54. The molecule has 0 spiro atoms. The standard InChI is InChI=1S/C19H22N4O6S2/c1-4-29-18(25)17-21-23-16(10(2)20-19(23)30-17)11-5-6-14(28-3)15(7-11)31(26,27)22-12-8-13(24)9-12/h5-7,12-13,22,24H,4,8-9H2,1-3H3. The highest BCUT2D eigenvalue weighted by Gasteiger charge is 2.33. The van der Waals surface area contributed by atoms with Gasteiger partial charge in [0.2, 0.25) is 20.0 Å². The molecular formula is C19H22N4O6S2. The van der Waals surface area contributed by atoms with Gasteiger partial charge in [0.05, 0.1) is 31.2 Å². The number of nitrogens with one attached hydrogen (secondary N) is 1. The SMILES string of the molecule is CCOC(=O)c1nn2c(-c3ccc(OC)c(S(=O)(=O)NC4CC(O)C4)c3)c(C)nc2s1. The third kappa shape index (κ3) is 4.03. The van der Waals surface area contributed by atoms with Gasteiger partial charge in [0.15, 0.2) is 0 Å². The highest BCUT2D eigenvalue weighted by Crippen LogP contribution is 2.34. The molecule has 0 saturated heterocycles. The number of nitrogens with zero attached hydrogens (tertiary/aromatic N) is 3. The number of imidazole rings is 1. The number of carbonyl (C=O) groups excluding carboxylic acids is 1. The molecular weight excluding hydrogens is 444 g/mol. The second-order valence-electron chi connectivity index (χ2n) is 7.18. The molecule has 31 heavy (non-hydrogen) atoms. The maximum atomic E-state index is 13.0. The van der Waals surface area contributed by atoms with Gasteiger partial charge in [-0.2, -0.15) is 0 Å². The molecule has 0 unspecified atom stereocenters. The van der Waals surface area contributed by atoms with Crippen molar-refractivity contribution in [2.75, 3.05) is 13.7 Å². The van der Waals surface area contributed by atoms with Crippen LogP contribution < -0.4 is 9.46 Å². The lowest BCUT2D eigenvalue weighted by molar-refractivity contribution is 0.0524. The summed E-state index contributed by atoms with van der Waals surface area (Å²) in [5.74, 6) is -0.341. The second kappa shape index (κ2) is 8.19. The van der Waals surface area contributed by atoms with Gasteiger partial charge in [0, 0.05) is 11.6 Å². The van der Waals surface area contributed by atoms with Gasteiger partial charge in [-0.25, -0.2) is 27.4 Å². The zero-order chi connectivity index (χ0) is 22.3. The first-order chi connectivity index (χ1) is 14.7. The lowest BCUT2D eigenvalue weighted by Gasteiger charge is -2.31. The van der Waals surface area contributed by atoms with E-state index in [9.17, 15) is 18.3 Å². The van der Waals surface area contributed by atoms with Crippen molar-refractivity contribution < 1.29 is 27.8 Å². The van der Waals surface area contributed by atoms with Gasteiger partial charge in [-0.15, -0.1) is 5.10 Å². The number of aromatic nitrogens is 3. The minimum Gasteiger partial charge on any atom is -0.495 e. The minimum absolute atomic E-state index is 0.0240. The number of hydrogen-bond acceptors (Lipinski definition) is 9. The Labute approximate surface area is 182 Å². The fourth-order valence-corrected chi connectivity index (χ4v) is 5.75. The van der Waals surface area contributed by atoms with E-state index in [0.29, 0.717) is 34.8 Å². The van der Waals surface area contributed by atoms with Gasteiger partial charge in [-0.05, 0) is 44.9 Å². The molecule has 1 fully saturated rings. The molecule has 1 aliphatic carbocycles. The Balaban J connectivity index is 1.76. The third-order valence-electron chi connectivity index (χ3n) is 4.99. The van der Waals surface area contributed by atoms with E-state index in [1.165, 1.54) is 17.7 Å². The minimum atomic E-state index is -3.89. The number of aliphatic hydroxyl groups is 1. The fourth-order valence-electron chi connectivity index (χ4n) is 3.46. The Morgan fingerprint density at radius 2 is 2.13 bits per heavy atom. The molecule has 3 aromatic rings. The Kier molecular flexibility index (Phi) is 5.73. The molecule has 0 bridgehead atoms. The van der Waals surface area contributed by atoms with E-state index >= 15 is 0 Å². The number of methoxy groups -OCH3 is 1. The van der Waals surface area contributed by atoms with Crippen LogP contribution in [-0.2, 0) is 14.8 Å². The topological polar surface area (TPSA) is 132 Å². The first-order valence-corrected chi connectivity index (χ1v) is 12.0. The van der Waals surface area contributed by atoms with Crippen LogP contribution in [-0.4, -0.2) is 60.0 Å². The van der Waals surface area contributed by atoms with Gasteiger partial charge >= 0.3 is 5.97 Å². The van der Waals surface area contributed by atoms with Gasteiger partial charge in [0.1, 0.15) is 10.6 Å². The van der Waals surface area contributed by atoms with E-state index in [2.05, 4.69) is 14.8 Å². The van der Waals surface area contributed by atoms with E-state index in [4.69, 9.17) is 9.47 Å². The van der Waals surface area contributed by atoms with Crippen LogP contribution in [0.5, 0.6) is 5.75 Å². The molecule has 1 aromatic carbocycles. The zero-order valence-corrected chi connectivity index (χ0v) is 18.8. The van der Waals surface area contributed by atoms with Gasteiger partial charge < -0.3 is 14.6 Å². The Morgan fingerprint density at radius 3 is 2.77 bits per heavy atom. The number of aryl methyl sites for hydroxylation is 1. The number of carbonyl (C=O) groups is 1. The molecule has 12 heteroatoms. The highest BCUT2D eigenvalue weighted by atomic mass is 32.2. The Morgan fingerprint density at radius 1 is 1.39 bits per heavy atom. The summed E-state index contributed by atoms with van der Waals surface area (Å²) < 4.78 is 40.4. The van der Waals surface area contributed by atoms with Crippen LogP contribution in [0.25, 0.3) is 16.2 Å². The quantitative estimate of drug-likeness (QED) is 0.504. The Bertz CT molecular complexity index is 1240. The van der Waals surface area contributed by atoms with Crippen LogP contribution in [0.2, 0.25) is 0 Å². The second-order valence-corrected chi connectivity index (χ2v) is 9.82. The highest BCUT2D eigenvalue weighted by molar-refractivity contribution is 7.89. The third-order valence-corrected chi connectivity index (χ3v) is 7.42. The predicted octanol–water partition coefficient (Wildman–Crippen LogP) is 1.75. The molecule has 0 radical (unpaired) electrons. The van der Waals surface area contributed by atoms with Crippen molar-refractivity contribution in [3.05, 3.63) is 28.9 Å². The molecule has 2 aromatic heterocycles. The van der Waals surface area contributed by atoms with E-state index in [1.807, 2.05) is 0 Å². The normalized spacial score (nSPS) is 18.7. The molecule has 0 atom stereocenters. The molecule has 1 aliphatic rings. The maximum absolute atomic E-state index is 13.0. The molecule has 1 saturated carbocycles. The van der Waals surface area contributed by atoms with Crippen LogP contribution in [0.15, 0.2) is 23.1 Å². The number of benzene rings is 1. The largest absolute Gasteiger partial charge is 0.495 e. The van der Waals surface area contributed by atoms with Crippen molar-refractivity contribution in [2.24, 2.45) is 0 Å². The van der Waals surface area contributed by atoms with E-state index < -0.39 is 22.1 Å². The maximum Gasteiger partial charge on any atom is 0.369 e.